The molecule has 2 nitrogen and oxygen atoms in total. The van der Waals surface area contributed by atoms with Crippen LogP contribution >= 0.6 is 0 Å². The summed E-state index contributed by atoms with van der Waals surface area (Å²) in [6, 6.07) is 19.0. The van der Waals surface area contributed by atoms with Crippen LogP contribution in [0, 0.1) is 0 Å². The molecule has 0 amide bonds. The zero-order valence-corrected chi connectivity index (χ0v) is 11.8. The van der Waals surface area contributed by atoms with Crippen LogP contribution < -0.4 is 0 Å². The van der Waals surface area contributed by atoms with Crippen LogP contribution in [0.4, 0.5) is 0 Å². The first-order valence-electron chi connectivity index (χ1n) is 7.26. The Labute approximate surface area is 120 Å². The maximum Gasteiger partial charge on any atom is 0.104 e. The molecule has 2 heteroatoms. The second kappa shape index (κ2) is 6.21. The molecular formula is C18H20O2. The van der Waals surface area contributed by atoms with Gasteiger partial charge in [-0.1, -0.05) is 61.5 Å². The molecule has 1 aliphatic rings. The van der Waals surface area contributed by atoms with E-state index in [0.717, 1.165) is 13.0 Å². The van der Waals surface area contributed by atoms with Crippen LogP contribution in [0.5, 0.6) is 0 Å². The van der Waals surface area contributed by atoms with E-state index in [4.69, 9.17) is 9.47 Å². The van der Waals surface area contributed by atoms with Gasteiger partial charge in [0.1, 0.15) is 6.10 Å². The third kappa shape index (κ3) is 3.09. The summed E-state index contributed by atoms with van der Waals surface area (Å²) in [5, 5.41) is 0. The molecule has 1 heterocycles. The zero-order chi connectivity index (χ0) is 13.8. The van der Waals surface area contributed by atoms with Crippen LogP contribution in [0.1, 0.15) is 25.0 Å². The first kappa shape index (κ1) is 13.3. The summed E-state index contributed by atoms with van der Waals surface area (Å²) in [6.07, 6.45) is 1.42. The molecule has 0 aliphatic carbocycles. The highest BCUT2D eigenvalue weighted by Gasteiger charge is 2.25. The number of epoxide rings is 1. The van der Waals surface area contributed by atoms with Crippen molar-refractivity contribution in [2.75, 3.05) is 13.2 Å². The van der Waals surface area contributed by atoms with E-state index in [9.17, 15) is 0 Å². The molecular weight excluding hydrogens is 248 g/mol. The second-order valence-electron chi connectivity index (χ2n) is 5.14. The smallest absolute Gasteiger partial charge is 0.104 e. The SMILES string of the molecule is CCC(OCC1CO1)c1ccccc1-c1ccccc1. The minimum Gasteiger partial charge on any atom is -0.371 e. The van der Waals surface area contributed by atoms with Gasteiger partial charge in [-0.15, -0.1) is 0 Å². The molecule has 2 unspecified atom stereocenters. The zero-order valence-electron chi connectivity index (χ0n) is 11.8. The summed E-state index contributed by atoms with van der Waals surface area (Å²) >= 11 is 0. The number of rotatable bonds is 6. The van der Waals surface area contributed by atoms with Gasteiger partial charge in [0.05, 0.1) is 19.3 Å². The lowest BCUT2D eigenvalue weighted by molar-refractivity contribution is 0.0398. The highest BCUT2D eigenvalue weighted by Crippen LogP contribution is 2.32. The van der Waals surface area contributed by atoms with E-state index in [1.165, 1.54) is 16.7 Å². The maximum absolute atomic E-state index is 6.04. The summed E-state index contributed by atoms with van der Waals surface area (Å²) in [5.41, 5.74) is 3.77. The fourth-order valence-corrected chi connectivity index (χ4v) is 2.47. The normalized spacial score (nSPS) is 18.8. The molecule has 2 atom stereocenters. The van der Waals surface area contributed by atoms with E-state index >= 15 is 0 Å². The fraction of sp³-hybridized carbons (Fsp3) is 0.333. The standard InChI is InChI=1S/C18H20O2/c1-2-18(20-13-15-12-19-15)17-11-7-6-10-16(17)14-8-4-3-5-9-14/h3-11,15,18H,2,12-13H2,1H3. The van der Waals surface area contributed by atoms with E-state index in [-0.39, 0.29) is 6.10 Å². The third-order valence-corrected chi connectivity index (χ3v) is 3.65. The van der Waals surface area contributed by atoms with Crippen LogP contribution in [0.3, 0.4) is 0 Å². The van der Waals surface area contributed by atoms with E-state index in [1.54, 1.807) is 0 Å². The topological polar surface area (TPSA) is 21.8 Å². The largest absolute Gasteiger partial charge is 0.371 e. The van der Waals surface area contributed by atoms with Gasteiger partial charge >= 0.3 is 0 Å². The average molecular weight is 268 g/mol. The van der Waals surface area contributed by atoms with E-state index < -0.39 is 0 Å². The molecule has 0 saturated carbocycles. The third-order valence-electron chi connectivity index (χ3n) is 3.65. The molecule has 20 heavy (non-hydrogen) atoms. The monoisotopic (exact) mass is 268 g/mol. The Kier molecular flexibility index (Phi) is 4.14. The van der Waals surface area contributed by atoms with Crippen molar-refractivity contribution in [3.63, 3.8) is 0 Å². The molecule has 0 N–H and O–H groups in total. The minimum absolute atomic E-state index is 0.135. The molecule has 0 aromatic heterocycles. The number of hydrogen-bond donors (Lipinski definition) is 0. The van der Waals surface area contributed by atoms with Gasteiger partial charge < -0.3 is 9.47 Å². The predicted molar refractivity (Wildman–Crippen MR) is 80.6 cm³/mol. The van der Waals surface area contributed by atoms with Gasteiger partial charge in [0.2, 0.25) is 0 Å². The molecule has 0 bridgehead atoms. The molecule has 1 saturated heterocycles. The predicted octanol–water partition coefficient (Wildman–Crippen LogP) is 4.22. The van der Waals surface area contributed by atoms with Crippen LogP contribution in [-0.2, 0) is 9.47 Å². The maximum atomic E-state index is 6.04. The van der Waals surface area contributed by atoms with E-state index in [2.05, 4.69) is 55.5 Å². The molecule has 104 valence electrons. The lowest BCUT2D eigenvalue weighted by atomic mass is 9.95. The lowest BCUT2D eigenvalue weighted by Gasteiger charge is -2.19. The summed E-state index contributed by atoms with van der Waals surface area (Å²) in [7, 11) is 0. The van der Waals surface area contributed by atoms with Gasteiger partial charge in [0.15, 0.2) is 0 Å². The van der Waals surface area contributed by atoms with Crippen molar-refractivity contribution in [2.45, 2.75) is 25.6 Å². The Morgan fingerprint density at radius 1 is 1.10 bits per heavy atom. The van der Waals surface area contributed by atoms with Crippen molar-refractivity contribution in [1.29, 1.82) is 0 Å². The second-order valence-corrected chi connectivity index (χ2v) is 5.14. The van der Waals surface area contributed by atoms with Gasteiger partial charge in [-0.05, 0) is 23.1 Å². The summed E-state index contributed by atoms with van der Waals surface area (Å²) in [5.74, 6) is 0. The Morgan fingerprint density at radius 3 is 2.50 bits per heavy atom. The summed E-state index contributed by atoms with van der Waals surface area (Å²) < 4.78 is 11.3. The Balaban J connectivity index is 1.87. The quantitative estimate of drug-likeness (QED) is 0.732. The first-order valence-corrected chi connectivity index (χ1v) is 7.26. The Hall–Kier alpha value is -1.64. The van der Waals surface area contributed by atoms with Crippen molar-refractivity contribution < 1.29 is 9.47 Å². The molecule has 2 aromatic carbocycles. The van der Waals surface area contributed by atoms with E-state index in [0.29, 0.717) is 12.7 Å². The van der Waals surface area contributed by atoms with Crippen molar-refractivity contribution in [3.8, 4) is 11.1 Å². The molecule has 0 radical (unpaired) electrons. The Bertz CT molecular complexity index is 546. The van der Waals surface area contributed by atoms with Crippen molar-refractivity contribution in [2.24, 2.45) is 0 Å². The molecule has 2 aromatic rings. The summed E-state index contributed by atoms with van der Waals surface area (Å²) in [6.45, 7) is 3.71. The molecule has 3 rings (SSSR count). The van der Waals surface area contributed by atoms with Crippen molar-refractivity contribution >= 4 is 0 Å². The Morgan fingerprint density at radius 2 is 1.80 bits per heavy atom. The molecule has 0 spiro atoms. The lowest BCUT2D eigenvalue weighted by Crippen LogP contribution is -2.09. The highest BCUT2D eigenvalue weighted by atomic mass is 16.6. The van der Waals surface area contributed by atoms with Crippen molar-refractivity contribution in [1.82, 2.24) is 0 Å². The van der Waals surface area contributed by atoms with Gasteiger partial charge in [-0.3, -0.25) is 0 Å². The van der Waals surface area contributed by atoms with Gasteiger partial charge in [0.25, 0.3) is 0 Å². The highest BCUT2D eigenvalue weighted by molar-refractivity contribution is 5.67. The van der Waals surface area contributed by atoms with Crippen molar-refractivity contribution in [3.05, 3.63) is 60.2 Å². The van der Waals surface area contributed by atoms with Gasteiger partial charge in [-0.25, -0.2) is 0 Å². The van der Waals surface area contributed by atoms with Crippen LogP contribution in [0.25, 0.3) is 11.1 Å². The fourth-order valence-electron chi connectivity index (χ4n) is 2.47. The van der Waals surface area contributed by atoms with Crippen LogP contribution in [0.2, 0.25) is 0 Å². The number of benzene rings is 2. The van der Waals surface area contributed by atoms with Crippen LogP contribution in [0.15, 0.2) is 54.6 Å². The minimum atomic E-state index is 0.135. The first-order chi connectivity index (χ1) is 9.88. The molecule has 1 fully saturated rings. The molecule has 1 aliphatic heterocycles. The average Bonchev–Trinajstić information content (AvgIpc) is 3.33. The van der Waals surface area contributed by atoms with Gasteiger partial charge in [-0.2, -0.15) is 0 Å². The number of ether oxygens (including phenoxy) is 2. The summed E-state index contributed by atoms with van der Waals surface area (Å²) in [4.78, 5) is 0. The van der Waals surface area contributed by atoms with Crippen LogP contribution in [-0.4, -0.2) is 19.3 Å². The van der Waals surface area contributed by atoms with Gasteiger partial charge in [0, 0.05) is 0 Å². The number of hydrogen-bond acceptors (Lipinski definition) is 2. The van der Waals surface area contributed by atoms with E-state index in [1.807, 2.05) is 6.07 Å².